The van der Waals surface area contributed by atoms with Crippen molar-refractivity contribution in [2.24, 2.45) is 0 Å². The standard InChI is InChI=1S/C22H46O4S.Na/c1-3-5-7-9-10-11-12-13-14-15-17-21(23)19-20-22(27(24,25)26)18-16-8-6-4-2;/h21-23H,3-20H2,1-2H3,(H,24,25,26);/q;+1/p-1. The van der Waals surface area contributed by atoms with E-state index in [4.69, 9.17) is 0 Å². The molecular formula is C22H45NaO4S. The fourth-order valence-corrected chi connectivity index (χ4v) is 4.50. The Morgan fingerprint density at radius 1 is 0.643 bits per heavy atom. The van der Waals surface area contributed by atoms with Crippen LogP contribution in [0.4, 0.5) is 0 Å². The van der Waals surface area contributed by atoms with Crippen molar-refractivity contribution in [1.29, 1.82) is 0 Å². The van der Waals surface area contributed by atoms with Gasteiger partial charge in [0.1, 0.15) is 0 Å². The fourth-order valence-electron chi connectivity index (χ4n) is 3.62. The third kappa shape index (κ3) is 20.2. The van der Waals surface area contributed by atoms with Gasteiger partial charge in [-0.05, 0) is 25.7 Å². The second-order valence-corrected chi connectivity index (χ2v) is 9.82. The molecule has 164 valence electrons. The minimum absolute atomic E-state index is 0. The van der Waals surface area contributed by atoms with Crippen LogP contribution >= 0.6 is 0 Å². The molecule has 1 N–H and O–H groups in total. The van der Waals surface area contributed by atoms with Gasteiger partial charge in [-0.25, -0.2) is 8.42 Å². The number of hydrogen-bond acceptors (Lipinski definition) is 4. The van der Waals surface area contributed by atoms with Gasteiger partial charge in [-0.2, -0.15) is 0 Å². The molecule has 0 aromatic heterocycles. The van der Waals surface area contributed by atoms with Crippen LogP contribution in [-0.2, 0) is 10.1 Å². The molecule has 0 aromatic carbocycles. The first-order chi connectivity index (χ1) is 12.9. The third-order valence-electron chi connectivity index (χ3n) is 5.50. The van der Waals surface area contributed by atoms with Crippen LogP contribution in [0.5, 0.6) is 0 Å². The van der Waals surface area contributed by atoms with E-state index in [1.807, 2.05) is 0 Å². The second kappa shape index (κ2) is 21.1. The summed E-state index contributed by atoms with van der Waals surface area (Å²) in [5, 5.41) is 9.28. The summed E-state index contributed by atoms with van der Waals surface area (Å²) in [5.74, 6) is 0. The molecule has 0 radical (unpaired) electrons. The van der Waals surface area contributed by atoms with Crippen molar-refractivity contribution in [1.82, 2.24) is 0 Å². The molecule has 4 nitrogen and oxygen atoms in total. The summed E-state index contributed by atoms with van der Waals surface area (Å²) in [5.41, 5.74) is 0. The topological polar surface area (TPSA) is 77.4 Å². The molecule has 0 aliphatic carbocycles. The molecule has 0 aromatic rings. The first-order valence-electron chi connectivity index (χ1n) is 11.5. The summed E-state index contributed by atoms with van der Waals surface area (Å²) in [6.45, 7) is 4.34. The van der Waals surface area contributed by atoms with Crippen LogP contribution in [0, 0.1) is 0 Å². The molecule has 0 spiro atoms. The summed E-state index contributed by atoms with van der Waals surface area (Å²) in [6.07, 6.45) is 18.0. The van der Waals surface area contributed by atoms with Gasteiger partial charge in [0.25, 0.3) is 0 Å². The Labute approximate surface area is 197 Å². The Morgan fingerprint density at radius 2 is 1.04 bits per heavy atom. The maximum atomic E-state index is 11.4. The zero-order valence-electron chi connectivity index (χ0n) is 19.0. The number of hydrogen-bond donors (Lipinski definition) is 1. The summed E-state index contributed by atoms with van der Waals surface area (Å²) >= 11 is 0. The minimum Gasteiger partial charge on any atom is -0.748 e. The van der Waals surface area contributed by atoms with E-state index in [-0.39, 0.29) is 29.6 Å². The summed E-state index contributed by atoms with van der Waals surface area (Å²) < 4.78 is 34.2. The van der Waals surface area contributed by atoms with Gasteiger partial charge in [0.2, 0.25) is 0 Å². The van der Waals surface area contributed by atoms with Gasteiger partial charge in [0.05, 0.1) is 16.2 Å². The van der Waals surface area contributed by atoms with Crippen LogP contribution in [0.1, 0.15) is 129 Å². The Kier molecular flexibility index (Phi) is 23.4. The molecule has 0 amide bonds. The van der Waals surface area contributed by atoms with E-state index in [2.05, 4.69) is 13.8 Å². The average Bonchev–Trinajstić information content (AvgIpc) is 2.61. The normalized spacial score (nSPS) is 13.9. The van der Waals surface area contributed by atoms with E-state index in [1.54, 1.807) is 0 Å². The number of unbranched alkanes of at least 4 members (excludes halogenated alkanes) is 12. The zero-order chi connectivity index (χ0) is 20.4. The molecule has 0 aliphatic rings. The van der Waals surface area contributed by atoms with Crippen molar-refractivity contribution >= 4 is 10.1 Å². The van der Waals surface area contributed by atoms with Gasteiger partial charge in [-0.3, -0.25) is 0 Å². The van der Waals surface area contributed by atoms with Crippen LogP contribution in [-0.4, -0.2) is 29.4 Å². The van der Waals surface area contributed by atoms with Gasteiger partial charge in [0.15, 0.2) is 0 Å². The SMILES string of the molecule is CCCCCCCCCCCCC(O)CCC(CCCCCC)S(=O)(=O)[O-].[Na+]. The van der Waals surface area contributed by atoms with Crippen molar-refractivity contribution in [3.8, 4) is 0 Å². The predicted molar refractivity (Wildman–Crippen MR) is 114 cm³/mol. The molecule has 0 fully saturated rings. The average molecular weight is 429 g/mol. The molecule has 0 bridgehead atoms. The van der Waals surface area contributed by atoms with E-state index in [0.29, 0.717) is 19.3 Å². The summed E-state index contributed by atoms with van der Waals surface area (Å²) in [7, 11) is -4.25. The first-order valence-corrected chi connectivity index (χ1v) is 13.0. The molecule has 0 heterocycles. The van der Waals surface area contributed by atoms with Gasteiger partial charge in [0, 0.05) is 5.25 Å². The van der Waals surface area contributed by atoms with Crippen LogP contribution in [0.15, 0.2) is 0 Å². The van der Waals surface area contributed by atoms with Gasteiger partial charge < -0.3 is 9.66 Å². The van der Waals surface area contributed by atoms with E-state index >= 15 is 0 Å². The van der Waals surface area contributed by atoms with Crippen LogP contribution in [0.2, 0.25) is 0 Å². The maximum absolute atomic E-state index is 11.4. The molecule has 0 saturated heterocycles. The molecule has 2 atom stereocenters. The van der Waals surface area contributed by atoms with Crippen molar-refractivity contribution in [2.45, 2.75) is 141 Å². The van der Waals surface area contributed by atoms with Crippen molar-refractivity contribution in [3.05, 3.63) is 0 Å². The Morgan fingerprint density at radius 3 is 1.50 bits per heavy atom. The van der Waals surface area contributed by atoms with Crippen molar-refractivity contribution < 1.29 is 47.6 Å². The molecule has 0 aliphatic heterocycles. The van der Waals surface area contributed by atoms with Crippen LogP contribution in [0.3, 0.4) is 0 Å². The number of aliphatic hydroxyl groups excluding tert-OH is 1. The Hall–Kier alpha value is 0.870. The predicted octanol–water partition coefficient (Wildman–Crippen LogP) is 3.33. The number of rotatable bonds is 20. The zero-order valence-corrected chi connectivity index (χ0v) is 21.8. The summed E-state index contributed by atoms with van der Waals surface area (Å²) in [4.78, 5) is 0. The van der Waals surface area contributed by atoms with Gasteiger partial charge >= 0.3 is 29.6 Å². The molecule has 2 unspecified atom stereocenters. The first kappa shape index (κ1) is 31.1. The van der Waals surface area contributed by atoms with Crippen LogP contribution < -0.4 is 29.6 Å². The maximum Gasteiger partial charge on any atom is 1.00 e. The van der Waals surface area contributed by atoms with Gasteiger partial charge in [-0.15, -0.1) is 0 Å². The molecule has 6 heteroatoms. The number of aliphatic hydroxyl groups is 1. The van der Waals surface area contributed by atoms with Crippen molar-refractivity contribution in [3.63, 3.8) is 0 Å². The molecule has 0 rings (SSSR count). The van der Waals surface area contributed by atoms with Crippen molar-refractivity contribution in [2.75, 3.05) is 0 Å². The molecule has 28 heavy (non-hydrogen) atoms. The monoisotopic (exact) mass is 428 g/mol. The minimum atomic E-state index is -4.25. The molecule has 0 saturated carbocycles. The van der Waals surface area contributed by atoms with E-state index in [1.165, 1.54) is 51.4 Å². The quantitative estimate of drug-likeness (QED) is 0.183. The molecular weight excluding hydrogens is 383 g/mol. The van der Waals surface area contributed by atoms with E-state index < -0.39 is 21.5 Å². The second-order valence-electron chi connectivity index (χ2n) is 8.17. The van der Waals surface area contributed by atoms with Gasteiger partial charge in [-0.1, -0.05) is 104 Å². The third-order valence-corrected chi connectivity index (χ3v) is 6.79. The van der Waals surface area contributed by atoms with E-state index in [9.17, 15) is 18.1 Å². The Bertz CT molecular complexity index is 415. The largest absolute Gasteiger partial charge is 1.00 e. The summed E-state index contributed by atoms with van der Waals surface area (Å²) in [6, 6.07) is 0. The fraction of sp³-hybridized carbons (Fsp3) is 1.00. The smallest absolute Gasteiger partial charge is 0.748 e. The van der Waals surface area contributed by atoms with Crippen LogP contribution in [0.25, 0.3) is 0 Å². The Balaban J connectivity index is 0. The van der Waals surface area contributed by atoms with E-state index in [0.717, 1.165) is 44.9 Å².